The molecule has 0 saturated carbocycles. The van der Waals surface area contributed by atoms with E-state index in [-0.39, 0.29) is 10.8 Å². The van der Waals surface area contributed by atoms with Gasteiger partial charge >= 0.3 is 0 Å². The first-order chi connectivity index (χ1) is 13.9. The van der Waals surface area contributed by atoms with Crippen molar-refractivity contribution in [1.29, 1.82) is 0 Å². The number of fused-ring (bicyclic) bond motifs is 1. The van der Waals surface area contributed by atoms with Gasteiger partial charge in [0.1, 0.15) is 12.7 Å². The molecule has 0 spiro atoms. The molecule has 8 nitrogen and oxygen atoms in total. The van der Waals surface area contributed by atoms with Gasteiger partial charge in [0.2, 0.25) is 0 Å². The predicted octanol–water partition coefficient (Wildman–Crippen LogP) is 1.19. The highest BCUT2D eigenvalue weighted by Gasteiger charge is 2.33. The van der Waals surface area contributed by atoms with Crippen molar-refractivity contribution < 1.29 is 13.2 Å². The van der Waals surface area contributed by atoms with Gasteiger partial charge in [-0.3, -0.25) is 4.79 Å². The fraction of sp³-hybridized carbons (Fsp3) is 0.250. The van der Waals surface area contributed by atoms with E-state index in [9.17, 15) is 13.2 Å². The van der Waals surface area contributed by atoms with Crippen LogP contribution in [-0.4, -0.2) is 35.1 Å². The van der Waals surface area contributed by atoms with E-state index in [0.717, 1.165) is 29.5 Å². The van der Waals surface area contributed by atoms with Gasteiger partial charge in [-0.25, -0.2) is 22.8 Å². The number of hydrogen-bond acceptors (Lipinski definition) is 6. The molecule has 2 atom stereocenters. The van der Waals surface area contributed by atoms with Gasteiger partial charge in [0.25, 0.3) is 15.9 Å². The van der Waals surface area contributed by atoms with E-state index in [4.69, 9.17) is 5.73 Å². The van der Waals surface area contributed by atoms with Gasteiger partial charge in [-0.2, -0.15) is 5.10 Å². The zero-order valence-corrected chi connectivity index (χ0v) is 16.4. The number of aryl methyl sites for hydroxylation is 1. The Bertz CT molecular complexity index is 1110. The lowest BCUT2D eigenvalue weighted by atomic mass is 9.93. The Balaban J connectivity index is 1.44. The number of amides is 1. The summed E-state index contributed by atoms with van der Waals surface area (Å²) in [4.78, 5) is 16.4. The number of nitrogens with two attached hydrogens (primary N) is 1. The maximum atomic E-state index is 12.6. The second-order valence-corrected chi connectivity index (χ2v) is 8.76. The van der Waals surface area contributed by atoms with Crippen molar-refractivity contribution in [3.63, 3.8) is 0 Å². The third kappa shape index (κ3) is 4.06. The van der Waals surface area contributed by atoms with Crippen molar-refractivity contribution in [2.45, 2.75) is 36.2 Å². The van der Waals surface area contributed by atoms with Crippen LogP contribution in [0.25, 0.3) is 0 Å². The Hall–Kier alpha value is -3.04. The van der Waals surface area contributed by atoms with Crippen molar-refractivity contribution in [3.8, 4) is 0 Å². The first kappa shape index (κ1) is 19.3. The van der Waals surface area contributed by atoms with E-state index in [0.29, 0.717) is 6.54 Å². The molecule has 0 bridgehead atoms. The van der Waals surface area contributed by atoms with Crippen LogP contribution in [0.3, 0.4) is 0 Å². The molecule has 0 fully saturated rings. The van der Waals surface area contributed by atoms with Crippen LogP contribution in [-0.2, 0) is 27.8 Å². The number of sulfonamides is 1. The second-order valence-electron chi connectivity index (χ2n) is 7.08. The topological polar surface area (TPSA) is 120 Å². The van der Waals surface area contributed by atoms with Gasteiger partial charge in [0.15, 0.2) is 0 Å². The van der Waals surface area contributed by atoms with E-state index in [1.807, 2.05) is 24.3 Å². The molecule has 3 N–H and O–H groups in total. The number of rotatable bonds is 6. The summed E-state index contributed by atoms with van der Waals surface area (Å²) in [6.45, 7) is 0.471. The molecule has 2 aromatic carbocycles. The number of hydrogen-bond donors (Lipinski definition) is 2. The summed E-state index contributed by atoms with van der Waals surface area (Å²) in [6, 6.07) is 13.1. The number of aromatic nitrogens is 3. The molecule has 1 aromatic heterocycles. The van der Waals surface area contributed by atoms with Crippen molar-refractivity contribution in [2.75, 3.05) is 0 Å². The van der Waals surface area contributed by atoms with Crippen LogP contribution < -0.4 is 10.5 Å². The van der Waals surface area contributed by atoms with E-state index in [1.54, 1.807) is 23.1 Å². The Kier molecular flexibility index (Phi) is 5.16. The maximum absolute atomic E-state index is 12.6. The molecule has 150 valence electrons. The molecular weight excluding hydrogens is 390 g/mol. The van der Waals surface area contributed by atoms with E-state index in [2.05, 4.69) is 14.8 Å². The van der Waals surface area contributed by atoms with Gasteiger partial charge in [-0.15, -0.1) is 0 Å². The standard InChI is InChI=1S/C20H21N5O3S/c21-19(18-10-7-15-3-1-2-4-17(15)18)20(26)24-29(27,28)16-8-5-14(6-9-16)11-25-13-22-12-23-25/h1-6,8-9,12-13,18-19H,7,10-11,21H2,(H,24,26). The molecule has 0 radical (unpaired) electrons. The highest BCUT2D eigenvalue weighted by molar-refractivity contribution is 7.90. The van der Waals surface area contributed by atoms with Crippen molar-refractivity contribution in [3.05, 3.63) is 77.9 Å². The van der Waals surface area contributed by atoms with Crippen LogP contribution in [0.15, 0.2) is 66.1 Å². The molecular formula is C20H21N5O3S. The number of nitrogens with one attached hydrogen (secondary N) is 1. The SMILES string of the molecule is NC(C(=O)NS(=O)(=O)c1ccc(Cn2cncn2)cc1)C1CCc2ccccc21. The zero-order valence-electron chi connectivity index (χ0n) is 15.6. The summed E-state index contributed by atoms with van der Waals surface area (Å²) in [5.74, 6) is -0.884. The van der Waals surface area contributed by atoms with Gasteiger partial charge < -0.3 is 5.73 Å². The molecule has 1 aliphatic carbocycles. The van der Waals surface area contributed by atoms with Crippen LogP contribution in [0, 0.1) is 0 Å². The van der Waals surface area contributed by atoms with Crippen LogP contribution in [0.4, 0.5) is 0 Å². The van der Waals surface area contributed by atoms with Gasteiger partial charge in [0.05, 0.1) is 17.5 Å². The highest BCUT2D eigenvalue weighted by Crippen LogP contribution is 2.34. The first-order valence-electron chi connectivity index (χ1n) is 9.25. The van der Waals surface area contributed by atoms with Crippen LogP contribution in [0.1, 0.15) is 29.0 Å². The van der Waals surface area contributed by atoms with Gasteiger partial charge in [-0.1, -0.05) is 36.4 Å². The highest BCUT2D eigenvalue weighted by atomic mass is 32.2. The largest absolute Gasteiger partial charge is 0.319 e. The number of carbonyl (C=O) groups excluding carboxylic acids is 1. The normalized spacial score (nSPS) is 16.9. The van der Waals surface area contributed by atoms with Crippen LogP contribution >= 0.6 is 0 Å². The van der Waals surface area contributed by atoms with E-state index in [1.165, 1.54) is 18.5 Å². The second kappa shape index (κ2) is 7.76. The smallest absolute Gasteiger partial charge is 0.264 e. The Morgan fingerprint density at radius 2 is 1.97 bits per heavy atom. The lowest BCUT2D eigenvalue weighted by molar-refractivity contribution is -0.121. The molecule has 4 rings (SSSR count). The molecule has 1 heterocycles. The molecule has 9 heteroatoms. The molecule has 1 aliphatic rings. The average molecular weight is 411 g/mol. The van der Waals surface area contributed by atoms with Crippen LogP contribution in [0.2, 0.25) is 0 Å². The number of carbonyl (C=O) groups is 1. The minimum Gasteiger partial charge on any atom is -0.319 e. The maximum Gasteiger partial charge on any atom is 0.264 e. The summed E-state index contributed by atoms with van der Waals surface area (Å²) < 4.78 is 29.0. The monoisotopic (exact) mass is 411 g/mol. The lowest BCUT2D eigenvalue weighted by Crippen LogP contribution is -2.46. The zero-order chi connectivity index (χ0) is 20.4. The molecule has 0 saturated heterocycles. The predicted molar refractivity (Wildman–Crippen MR) is 106 cm³/mol. The van der Waals surface area contributed by atoms with Crippen molar-refractivity contribution >= 4 is 15.9 Å². The van der Waals surface area contributed by atoms with E-state index < -0.39 is 22.0 Å². The quantitative estimate of drug-likeness (QED) is 0.629. The Morgan fingerprint density at radius 3 is 2.69 bits per heavy atom. The number of benzene rings is 2. The Morgan fingerprint density at radius 1 is 1.21 bits per heavy atom. The minimum atomic E-state index is -4.00. The molecule has 2 unspecified atom stereocenters. The first-order valence-corrected chi connectivity index (χ1v) is 10.7. The fourth-order valence-corrected chi connectivity index (χ4v) is 4.69. The van der Waals surface area contributed by atoms with E-state index >= 15 is 0 Å². The van der Waals surface area contributed by atoms with Crippen molar-refractivity contribution in [1.82, 2.24) is 19.5 Å². The summed E-state index contributed by atoms with van der Waals surface area (Å²) in [5, 5.41) is 4.01. The number of nitrogens with zero attached hydrogens (tertiary/aromatic N) is 3. The minimum absolute atomic E-state index is 0.00668. The van der Waals surface area contributed by atoms with Crippen LogP contribution in [0.5, 0.6) is 0 Å². The summed E-state index contributed by atoms with van der Waals surface area (Å²) in [6.07, 6.45) is 4.57. The summed E-state index contributed by atoms with van der Waals surface area (Å²) >= 11 is 0. The lowest BCUT2D eigenvalue weighted by Gasteiger charge is -2.19. The summed E-state index contributed by atoms with van der Waals surface area (Å²) in [7, 11) is -4.00. The molecule has 0 aliphatic heterocycles. The molecule has 29 heavy (non-hydrogen) atoms. The third-order valence-corrected chi connectivity index (χ3v) is 6.56. The third-order valence-electron chi connectivity index (χ3n) is 5.20. The average Bonchev–Trinajstić information content (AvgIpc) is 3.37. The molecule has 3 aromatic rings. The molecule has 1 amide bonds. The van der Waals surface area contributed by atoms with Crippen molar-refractivity contribution in [2.24, 2.45) is 5.73 Å². The summed E-state index contributed by atoms with van der Waals surface area (Å²) in [5.41, 5.74) is 9.17. The fourth-order valence-electron chi connectivity index (χ4n) is 3.68. The Labute approximate surface area is 168 Å². The van der Waals surface area contributed by atoms with Gasteiger partial charge in [-0.05, 0) is 41.7 Å². The van der Waals surface area contributed by atoms with Gasteiger partial charge in [0, 0.05) is 5.92 Å².